The number of carbonyl (C=O) groups is 1. The summed E-state index contributed by atoms with van der Waals surface area (Å²) >= 11 is 15.2. The van der Waals surface area contributed by atoms with Crippen LogP contribution < -0.4 is 0 Å². The van der Waals surface area contributed by atoms with Crippen LogP contribution in [-0.2, 0) is 0 Å². The Bertz CT molecular complexity index is 453. The molecule has 0 aromatic heterocycles. The fourth-order valence-corrected chi connectivity index (χ4v) is 3.11. The van der Waals surface area contributed by atoms with E-state index in [1.807, 2.05) is 11.0 Å². The largest absolute Gasteiger partial charge is 0.338 e. The lowest BCUT2D eigenvalue weighted by atomic mass is 10.1. The van der Waals surface area contributed by atoms with E-state index in [0.717, 1.165) is 30.4 Å². The zero-order valence-electron chi connectivity index (χ0n) is 9.83. The molecule has 18 heavy (non-hydrogen) atoms. The average Bonchev–Trinajstić information content (AvgIpc) is 2.80. The summed E-state index contributed by atoms with van der Waals surface area (Å²) in [4.78, 5) is 14.2. The summed E-state index contributed by atoms with van der Waals surface area (Å²) in [5.41, 5.74) is 0.567. The van der Waals surface area contributed by atoms with Gasteiger partial charge in [-0.15, -0.1) is 11.6 Å². The van der Waals surface area contributed by atoms with Crippen molar-refractivity contribution in [3.8, 4) is 0 Å². The van der Waals surface area contributed by atoms with Gasteiger partial charge >= 0.3 is 0 Å². The van der Waals surface area contributed by atoms with Gasteiger partial charge < -0.3 is 4.90 Å². The van der Waals surface area contributed by atoms with Gasteiger partial charge in [0, 0.05) is 23.4 Å². The Kier molecular flexibility index (Phi) is 4.93. The summed E-state index contributed by atoms with van der Waals surface area (Å²) in [6.07, 6.45) is 2.00. The van der Waals surface area contributed by atoms with Crippen LogP contribution in [0.3, 0.4) is 0 Å². The van der Waals surface area contributed by atoms with Crippen LogP contribution >= 0.6 is 39.1 Å². The number of benzene rings is 1. The Labute approximate surface area is 125 Å². The molecule has 0 aliphatic carbocycles. The summed E-state index contributed by atoms with van der Waals surface area (Å²) in [6, 6.07) is 5.35. The molecule has 2 nitrogen and oxygen atoms in total. The van der Waals surface area contributed by atoms with Crippen molar-refractivity contribution in [2.45, 2.75) is 12.8 Å². The first kappa shape index (κ1) is 14.2. The second kappa shape index (κ2) is 6.27. The lowest BCUT2D eigenvalue weighted by molar-refractivity contribution is 0.0787. The molecule has 1 heterocycles. The van der Waals surface area contributed by atoms with Gasteiger partial charge in [0.25, 0.3) is 5.91 Å². The second-order valence-electron chi connectivity index (χ2n) is 4.51. The van der Waals surface area contributed by atoms with Crippen LogP contribution in [0.15, 0.2) is 22.7 Å². The molecule has 1 saturated heterocycles. The molecule has 2 rings (SSSR count). The maximum atomic E-state index is 12.4. The Morgan fingerprint density at radius 2 is 2.28 bits per heavy atom. The van der Waals surface area contributed by atoms with Crippen molar-refractivity contribution in [2.24, 2.45) is 5.92 Å². The van der Waals surface area contributed by atoms with Crippen LogP contribution in [0.5, 0.6) is 0 Å². The van der Waals surface area contributed by atoms with E-state index in [2.05, 4.69) is 15.9 Å². The summed E-state index contributed by atoms with van der Waals surface area (Å²) < 4.78 is 0.867. The molecule has 1 aliphatic heterocycles. The molecule has 98 valence electrons. The van der Waals surface area contributed by atoms with Crippen LogP contribution in [0.25, 0.3) is 0 Å². The summed E-state index contributed by atoms with van der Waals surface area (Å²) in [5, 5.41) is 0.504. The fourth-order valence-electron chi connectivity index (χ4n) is 2.24. The standard InChI is InChI=1S/C13H14BrCl2NO/c14-10-1-2-12(16)11(7-10)13(18)17-6-4-9(8-17)3-5-15/h1-2,7,9H,3-6,8H2. The van der Waals surface area contributed by atoms with Crippen LogP contribution in [0.2, 0.25) is 5.02 Å². The molecule has 0 N–H and O–H groups in total. The number of nitrogens with zero attached hydrogens (tertiary/aromatic N) is 1. The SMILES string of the molecule is O=C(c1cc(Br)ccc1Cl)N1CCC(CCCl)C1. The number of hydrogen-bond donors (Lipinski definition) is 0. The number of halogens is 3. The highest BCUT2D eigenvalue weighted by atomic mass is 79.9. The van der Waals surface area contributed by atoms with Gasteiger partial charge in [-0.3, -0.25) is 4.79 Å². The van der Waals surface area contributed by atoms with Crippen molar-refractivity contribution in [2.75, 3.05) is 19.0 Å². The molecule has 0 radical (unpaired) electrons. The van der Waals surface area contributed by atoms with E-state index >= 15 is 0 Å². The van der Waals surface area contributed by atoms with E-state index in [0.29, 0.717) is 22.4 Å². The third-order valence-corrected chi connectivity index (χ3v) is 4.29. The molecule has 1 aromatic rings. The first-order valence-corrected chi connectivity index (χ1v) is 7.62. The fraction of sp³-hybridized carbons (Fsp3) is 0.462. The van der Waals surface area contributed by atoms with E-state index in [9.17, 15) is 4.79 Å². The third-order valence-electron chi connectivity index (χ3n) is 3.25. The highest BCUT2D eigenvalue weighted by Gasteiger charge is 2.27. The lowest BCUT2D eigenvalue weighted by Gasteiger charge is -2.17. The van der Waals surface area contributed by atoms with Crippen molar-refractivity contribution in [1.29, 1.82) is 0 Å². The van der Waals surface area contributed by atoms with Crippen molar-refractivity contribution in [1.82, 2.24) is 4.90 Å². The van der Waals surface area contributed by atoms with Crippen molar-refractivity contribution in [3.05, 3.63) is 33.3 Å². The number of alkyl halides is 1. The second-order valence-corrected chi connectivity index (χ2v) is 6.21. The summed E-state index contributed by atoms with van der Waals surface area (Å²) in [6.45, 7) is 1.58. The molecular formula is C13H14BrCl2NO. The van der Waals surface area contributed by atoms with Crippen molar-refractivity contribution < 1.29 is 4.79 Å². The van der Waals surface area contributed by atoms with Gasteiger partial charge in [-0.1, -0.05) is 27.5 Å². The Hall–Kier alpha value is -0.250. The Morgan fingerprint density at radius 1 is 1.50 bits per heavy atom. The minimum Gasteiger partial charge on any atom is -0.338 e. The molecule has 0 saturated carbocycles. The lowest BCUT2D eigenvalue weighted by Crippen LogP contribution is -2.29. The van der Waals surface area contributed by atoms with E-state index in [1.54, 1.807) is 12.1 Å². The molecule has 1 amide bonds. The van der Waals surface area contributed by atoms with Crippen LogP contribution in [0.1, 0.15) is 23.2 Å². The predicted molar refractivity (Wildman–Crippen MR) is 78.5 cm³/mol. The van der Waals surface area contributed by atoms with Gasteiger partial charge in [0.1, 0.15) is 0 Å². The maximum Gasteiger partial charge on any atom is 0.255 e. The first-order valence-electron chi connectivity index (χ1n) is 5.92. The van der Waals surface area contributed by atoms with Crippen LogP contribution in [-0.4, -0.2) is 29.8 Å². The van der Waals surface area contributed by atoms with Gasteiger partial charge in [0.15, 0.2) is 0 Å². The van der Waals surface area contributed by atoms with E-state index < -0.39 is 0 Å². The van der Waals surface area contributed by atoms with Gasteiger partial charge in [0.05, 0.1) is 10.6 Å². The molecule has 1 aromatic carbocycles. The highest BCUT2D eigenvalue weighted by molar-refractivity contribution is 9.10. The van der Waals surface area contributed by atoms with Crippen molar-refractivity contribution >= 4 is 45.0 Å². The number of amides is 1. The minimum atomic E-state index is 0.0124. The number of likely N-dealkylation sites (tertiary alicyclic amines) is 1. The summed E-state index contributed by atoms with van der Waals surface area (Å²) in [5.74, 6) is 1.19. The number of carbonyl (C=O) groups excluding carboxylic acids is 1. The monoisotopic (exact) mass is 349 g/mol. The van der Waals surface area contributed by atoms with Gasteiger partial charge in [-0.25, -0.2) is 0 Å². The Balaban J connectivity index is 2.10. The normalized spacial score (nSPS) is 19.3. The minimum absolute atomic E-state index is 0.0124. The predicted octanol–water partition coefficient (Wildman–Crippen LogP) is 4.19. The van der Waals surface area contributed by atoms with Crippen LogP contribution in [0, 0.1) is 5.92 Å². The molecule has 0 bridgehead atoms. The smallest absolute Gasteiger partial charge is 0.255 e. The zero-order chi connectivity index (χ0) is 13.1. The molecule has 1 fully saturated rings. The molecule has 1 aliphatic rings. The molecular weight excluding hydrogens is 337 g/mol. The molecule has 1 unspecified atom stereocenters. The number of hydrogen-bond acceptors (Lipinski definition) is 1. The molecule has 0 spiro atoms. The van der Waals surface area contributed by atoms with Gasteiger partial charge in [-0.05, 0) is 37.0 Å². The van der Waals surface area contributed by atoms with Gasteiger partial charge in [0.2, 0.25) is 0 Å². The third kappa shape index (κ3) is 3.19. The van der Waals surface area contributed by atoms with E-state index in [1.165, 1.54) is 0 Å². The number of rotatable bonds is 3. The van der Waals surface area contributed by atoms with Gasteiger partial charge in [-0.2, -0.15) is 0 Å². The quantitative estimate of drug-likeness (QED) is 0.748. The van der Waals surface area contributed by atoms with Crippen LogP contribution in [0.4, 0.5) is 0 Å². The van der Waals surface area contributed by atoms with E-state index in [4.69, 9.17) is 23.2 Å². The Morgan fingerprint density at radius 3 is 3.00 bits per heavy atom. The molecule has 5 heteroatoms. The van der Waals surface area contributed by atoms with Crippen molar-refractivity contribution in [3.63, 3.8) is 0 Å². The average molecular weight is 351 g/mol. The first-order chi connectivity index (χ1) is 8.61. The molecule has 1 atom stereocenters. The summed E-state index contributed by atoms with van der Waals surface area (Å²) in [7, 11) is 0. The zero-order valence-corrected chi connectivity index (χ0v) is 12.9. The topological polar surface area (TPSA) is 20.3 Å². The van der Waals surface area contributed by atoms with E-state index in [-0.39, 0.29) is 5.91 Å². The maximum absolute atomic E-state index is 12.4. The highest BCUT2D eigenvalue weighted by Crippen LogP contribution is 2.26.